The number of para-hydroxylation sites is 1. The predicted molar refractivity (Wildman–Crippen MR) is 124 cm³/mol. The van der Waals surface area contributed by atoms with Gasteiger partial charge >= 0.3 is 0 Å². The largest absolute Gasteiger partial charge is 0.487 e. The van der Waals surface area contributed by atoms with Gasteiger partial charge in [-0.2, -0.15) is 0 Å². The summed E-state index contributed by atoms with van der Waals surface area (Å²) < 4.78 is 5.90. The Morgan fingerprint density at radius 3 is 2.38 bits per heavy atom. The lowest BCUT2D eigenvalue weighted by molar-refractivity contribution is -0.137. The van der Waals surface area contributed by atoms with Gasteiger partial charge in [0.15, 0.2) is 0 Å². The van der Waals surface area contributed by atoms with E-state index in [0.29, 0.717) is 30.6 Å². The van der Waals surface area contributed by atoms with E-state index in [0.717, 1.165) is 49.5 Å². The van der Waals surface area contributed by atoms with E-state index in [1.165, 1.54) is 19.3 Å². The number of benzene rings is 1. The molecule has 5 rings (SSSR count). The molecule has 1 aliphatic carbocycles. The second-order valence-corrected chi connectivity index (χ2v) is 10.2. The van der Waals surface area contributed by atoms with Crippen LogP contribution in [0.3, 0.4) is 0 Å². The Morgan fingerprint density at radius 2 is 1.66 bits per heavy atom. The number of thiazole rings is 1. The lowest BCUT2D eigenvalue weighted by atomic mass is 9.87. The average Bonchev–Trinajstić information content (AvgIpc) is 3.32. The fraction of sp³-hybridized carbons (Fsp3) is 0.560. The van der Waals surface area contributed by atoms with Gasteiger partial charge in [0.2, 0.25) is 5.91 Å². The lowest BCUT2D eigenvalue weighted by Gasteiger charge is -2.38. The van der Waals surface area contributed by atoms with Crippen molar-refractivity contribution >= 4 is 23.2 Å². The molecule has 1 aromatic carbocycles. The average molecular weight is 454 g/mol. The van der Waals surface area contributed by atoms with E-state index >= 15 is 0 Å². The van der Waals surface area contributed by atoms with Crippen LogP contribution in [0.15, 0.2) is 35.7 Å². The van der Waals surface area contributed by atoms with Gasteiger partial charge < -0.3 is 14.5 Å². The number of likely N-dealkylation sites (tertiary alicyclic amines) is 2. The molecule has 32 heavy (non-hydrogen) atoms. The number of rotatable bonds is 5. The van der Waals surface area contributed by atoms with E-state index in [1.54, 1.807) is 16.2 Å². The third-order valence-corrected chi connectivity index (χ3v) is 8.04. The van der Waals surface area contributed by atoms with Crippen molar-refractivity contribution in [3.05, 3.63) is 46.4 Å². The number of ether oxygens (including phenoxy) is 1. The van der Waals surface area contributed by atoms with Crippen LogP contribution >= 0.6 is 11.3 Å². The van der Waals surface area contributed by atoms with Crippen molar-refractivity contribution < 1.29 is 14.3 Å². The number of piperidine rings is 1. The zero-order valence-electron chi connectivity index (χ0n) is 18.4. The quantitative estimate of drug-likeness (QED) is 0.676. The molecule has 2 amide bonds. The molecule has 2 aromatic rings. The summed E-state index contributed by atoms with van der Waals surface area (Å²) in [5.41, 5.74) is 0.545. The molecule has 7 heteroatoms. The maximum absolute atomic E-state index is 12.8. The van der Waals surface area contributed by atoms with Crippen molar-refractivity contribution in [2.75, 3.05) is 26.2 Å². The van der Waals surface area contributed by atoms with Crippen LogP contribution in [0, 0.1) is 5.92 Å². The maximum Gasteiger partial charge on any atom is 0.273 e. The minimum Gasteiger partial charge on any atom is -0.487 e. The van der Waals surface area contributed by atoms with Gasteiger partial charge in [0, 0.05) is 30.3 Å². The molecular formula is C25H31N3O3S. The van der Waals surface area contributed by atoms with Crippen LogP contribution in [0.5, 0.6) is 5.75 Å². The first kappa shape index (κ1) is 21.4. The molecule has 6 nitrogen and oxygen atoms in total. The standard InChI is InChI=1S/C25H31N3O3S/c29-24(19-7-3-1-4-8-19)27-13-11-18(12-14-27)23-26-22(17-32-23)25(30)28-15-21(16-28)31-20-9-5-2-6-10-20/h2,5-6,9-10,17-19,21H,1,3-4,7-8,11-16H2. The lowest BCUT2D eigenvalue weighted by Crippen LogP contribution is -2.56. The Balaban J connectivity index is 1.10. The summed E-state index contributed by atoms with van der Waals surface area (Å²) in [5, 5.41) is 2.93. The summed E-state index contributed by atoms with van der Waals surface area (Å²) in [6.07, 6.45) is 7.71. The van der Waals surface area contributed by atoms with Crippen LogP contribution in [-0.4, -0.2) is 58.9 Å². The van der Waals surface area contributed by atoms with Gasteiger partial charge in [-0.25, -0.2) is 4.98 Å². The second-order valence-electron chi connectivity index (χ2n) is 9.27. The van der Waals surface area contributed by atoms with E-state index in [9.17, 15) is 9.59 Å². The maximum atomic E-state index is 12.8. The van der Waals surface area contributed by atoms with Crippen molar-refractivity contribution in [2.24, 2.45) is 5.92 Å². The van der Waals surface area contributed by atoms with Crippen molar-refractivity contribution in [2.45, 2.75) is 57.0 Å². The molecule has 3 aliphatic rings. The number of hydrogen-bond donors (Lipinski definition) is 0. The third kappa shape index (κ3) is 4.68. The Morgan fingerprint density at radius 1 is 0.938 bits per heavy atom. The normalized spacial score (nSPS) is 20.8. The van der Waals surface area contributed by atoms with Gasteiger partial charge in [-0.05, 0) is 37.8 Å². The predicted octanol–water partition coefficient (Wildman–Crippen LogP) is 4.33. The monoisotopic (exact) mass is 453 g/mol. The summed E-state index contributed by atoms with van der Waals surface area (Å²) >= 11 is 1.58. The van der Waals surface area contributed by atoms with Crippen molar-refractivity contribution in [1.29, 1.82) is 0 Å². The van der Waals surface area contributed by atoms with Gasteiger partial charge in [0.25, 0.3) is 5.91 Å². The topological polar surface area (TPSA) is 62.7 Å². The summed E-state index contributed by atoms with van der Waals surface area (Å²) in [4.78, 5) is 34.2. The van der Waals surface area contributed by atoms with E-state index < -0.39 is 0 Å². The highest BCUT2D eigenvalue weighted by Gasteiger charge is 2.35. The second kappa shape index (κ2) is 9.61. The van der Waals surface area contributed by atoms with E-state index in [1.807, 2.05) is 35.7 Å². The van der Waals surface area contributed by atoms with Crippen LogP contribution in [-0.2, 0) is 4.79 Å². The Bertz CT molecular complexity index is 927. The number of amides is 2. The summed E-state index contributed by atoms with van der Waals surface area (Å²) in [7, 11) is 0. The minimum atomic E-state index is -0.00896. The van der Waals surface area contributed by atoms with E-state index in [4.69, 9.17) is 4.74 Å². The summed E-state index contributed by atoms with van der Waals surface area (Å²) in [6.45, 7) is 2.82. The molecule has 0 radical (unpaired) electrons. The third-order valence-electron chi connectivity index (χ3n) is 7.03. The molecule has 0 unspecified atom stereocenters. The first-order chi connectivity index (χ1) is 15.7. The number of aromatic nitrogens is 1. The highest BCUT2D eigenvalue weighted by Crippen LogP contribution is 2.33. The summed E-state index contributed by atoms with van der Waals surface area (Å²) in [5.74, 6) is 1.79. The molecule has 0 atom stereocenters. The molecular weight excluding hydrogens is 422 g/mol. The molecule has 0 spiro atoms. The molecule has 3 heterocycles. The first-order valence-electron chi connectivity index (χ1n) is 11.9. The van der Waals surface area contributed by atoms with Crippen molar-refractivity contribution in [3.63, 3.8) is 0 Å². The Labute approximate surface area is 193 Å². The van der Waals surface area contributed by atoms with E-state index in [-0.39, 0.29) is 17.9 Å². The van der Waals surface area contributed by atoms with Crippen molar-refractivity contribution in [1.82, 2.24) is 14.8 Å². The molecule has 1 aromatic heterocycles. The summed E-state index contributed by atoms with van der Waals surface area (Å²) in [6, 6.07) is 9.73. The number of carbonyl (C=O) groups is 2. The Hall–Kier alpha value is -2.41. The molecule has 170 valence electrons. The highest BCUT2D eigenvalue weighted by molar-refractivity contribution is 7.09. The number of nitrogens with zero attached hydrogens (tertiary/aromatic N) is 3. The van der Waals surface area contributed by atoms with Gasteiger partial charge in [-0.15, -0.1) is 11.3 Å². The fourth-order valence-electron chi connectivity index (χ4n) is 5.06. The van der Waals surface area contributed by atoms with Gasteiger partial charge in [0.1, 0.15) is 17.5 Å². The Kier molecular flexibility index (Phi) is 6.44. The van der Waals surface area contributed by atoms with Crippen LogP contribution in [0.25, 0.3) is 0 Å². The van der Waals surface area contributed by atoms with Crippen molar-refractivity contribution in [3.8, 4) is 5.75 Å². The van der Waals surface area contributed by atoms with Gasteiger partial charge in [0.05, 0.1) is 18.1 Å². The molecule has 0 N–H and O–H groups in total. The molecule has 1 saturated carbocycles. The highest BCUT2D eigenvalue weighted by atomic mass is 32.1. The van der Waals surface area contributed by atoms with E-state index in [2.05, 4.69) is 9.88 Å². The fourth-order valence-corrected chi connectivity index (χ4v) is 6.03. The first-order valence-corrected chi connectivity index (χ1v) is 12.8. The molecule has 2 saturated heterocycles. The zero-order chi connectivity index (χ0) is 21.9. The van der Waals surface area contributed by atoms with Crippen LogP contribution in [0.1, 0.15) is 66.4 Å². The molecule has 2 aliphatic heterocycles. The molecule has 0 bridgehead atoms. The van der Waals surface area contributed by atoms with Crippen LogP contribution < -0.4 is 4.74 Å². The van der Waals surface area contributed by atoms with Crippen LogP contribution in [0.2, 0.25) is 0 Å². The number of carbonyl (C=O) groups excluding carboxylic acids is 2. The smallest absolute Gasteiger partial charge is 0.273 e. The minimum absolute atomic E-state index is 0.00896. The zero-order valence-corrected chi connectivity index (χ0v) is 19.3. The van der Waals surface area contributed by atoms with Gasteiger partial charge in [-0.3, -0.25) is 9.59 Å². The SMILES string of the molecule is O=C(c1csc(C2CCN(C(=O)C3CCCCC3)CC2)n1)N1CC(Oc2ccccc2)C1. The van der Waals surface area contributed by atoms with Crippen LogP contribution in [0.4, 0.5) is 0 Å². The van der Waals surface area contributed by atoms with Gasteiger partial charge in [-0.1, -0.05) is 37.5 Å². The number of hydrogen-bond acceptors (Lipinski definition) is 5. The molecule has 3 fully saturated rings.